The Morgan fingerprint density at radius 2 is 1.44 bits per heavy atom. The van der Waals surface area contributed by atoms with Gasteiger partial charge in [-0.05, 0) is 54.4 Å². The second kappa shape index (κ2) is 12.0. The number of nitrogens with zero attached hydrogens (tertiary/aromatic N) is 2. The van der Waals surface area contributed by atoms with Crippen molar-refractivity contribution in [3.05, 3.63) is 59.7 Å². The van der Waals surface area contributed by atoms with E-state index in [0.717, 1.165) is 22.3 Å². The van der Waals surface area contributed by atoms with Crippen LogP contribution in [0.4, 0.5) is 4.79 Å². The lowest BCUT2D eigenvalue weighted by molar-refractivity contribution is -0.145. The quantitative estimate of drug-likeness (QED) is 0.421. The molecule has 0 radical (unpaired) electrons. The smallest absolute Gasteiger partial charge is 0.410 e. The van der Waals surface area contributed by atoms with Gasteiger partial charge in [-0.3, -0.25) is 19.3 Å². The van der Waals surface area contributed by atoms with Gasteiger partial charge in [0.2, 0.25) is 11.8 Å². The highest BCUT2D eigenvalue weighted by Gasteiger charge is 2.43. The lowest BCUT2D eigenvalue weighted by atomic mass is 9.98. The number of carbonyl (C=O) groups excluding carboxylic acids is 3. The fraction of sp³-hybridized carbons (Fsp3) is 0.433. The average molecular weight is 564 g/mol. The monoisotopic (exact) mass is 563 g/mol. The molecule has 2 aromatic rings. The summed E-state index contributed by atoms with van der Waals surface area (Å²) in [5.74, 6) is -3.63. The first kappa shape index (κ1) is 28.1. The van der Waals surface area contributed by atoms with Gasteiger partial charge in [-0.1, -0.05) is 48.5 Å². The van der Waals surface area contributed by atoms with Crippen molar-refractivity contribution in [2.24, 2.45) is 0 Å². The van der Waals surface area contributed by atoms with Crippen molar-refractivity contribution < 1.29 is 38.9 Å². The van der Waals surface area contributed by atoms with Crippen molar-refractivity contribution in [3.63, 3.8) is 0 Å². The molecule has 1 aliphatic carbocycles. The van der Waals surface area contributed by atoms with Gasteiger partial charge in [0.25, 0.3) is 0 Å². The first-order chi connectivity index (χ1) is 19.8. The average Bonchev–Trinajstić information content (AvgIpc) is 3.71. The van der Waals surface area contributed by atoms with Crippen LogP contribution < -0.4 is 5.32 Å². The molecule has 3 atom stereocenters. The SMILES string of the molecule is O=C(O)CC[C@@H](NC(=O)[C@H]1CCCN1C(=O)[C@H]1CCCN1C(=O)OCC1c2ccccc2-c2ccccc21)C(=O)O. The molecule has 2 aromatic carbocycles. The molecule has 0 saturated carbocycles. The number of hydrogen-bond donors (Lipinski definition) is 3. The highest BCUT2D eigenvalue weighted by molar-refractivity contribution is 5.93. The van der Waals surface area contributed by atoms with Gasteiger partial charge in [-0.2, -0.15) is 0 Å². The number of likely N-dealkylation sites (tertiary alicyclic amines) is 2. The Kier molecular flexibility index (Phi) is 8.23. The number of ether oxygens (including phenoxy) is 1. The van der Waals surface area contributed by atoms with Crippen molar-refractivity contribution in [1.29, 1.82) is 0 Å². The largest absolute Gasteiger partial charge is 0.481 e. The Hall–Kier alpha value is -4.41. The molecule has 0 aromatic heterocycles. The third kappa shape index (κ3) is 5.75. The lowest BCUT2D eigenvalue weighted by Crippen LogP contribution is -2.55. The standard InChI is InChI=1S/C30H33N3O8/c34-26(35)14-13-23(29(38)39)31-27(36)24-11-5-15-32(24)28(37)25-12-6-16-33(25)30(40)41-17-22-20-9-3-1-7-18(20)19-8-2-4-10-21(19)22/h1-4,7-10,22-25H,5-6,11-17H2,(H,31,36)(H,34,35)(H,38,39)/t23-,24-,25-/m1/s1. The van der Waals surface area contributed by atoms with E-state index < -0.39 is 48.5 Å². The topological polar surface area (TPSA) is 154 Å². The predicted molar refractivity (Wildman–Crippen MR) is 146 cm³/mol. The van der Waals surface area contributed by atoms with Crippen LogP contribution in [-0.2, 0) is 23.9 Å². The van der Waals surface area contributed by atoms with Gasteiger partial charge in [0.1, 0.15) is 24.7 Å². The predicted octanol–water partition coefficient (Wildman–Crippen LogP) is 2.83. The number of carboxylic acids is 2. The Morgan fingerprint density at radius 1 is 0.854 bits per heavy atom. The van der Waals surface area contributed by atoms with E-state index in [2.05, 4.69) is 17.4 Å². The van der Waals surface area contributed by atoms with Crippen LogP contribution in [0, 0.1) is 0 Å². The molecule has 3 N–H and O–H groups in total. The third-order valence-electron chi connectivity index (χ3n) is 8.21. The van der Waals surface area contributed by atoms with Crippen molar-refractivity contribution in [1.82, 2.24) is 15.1 Å². The van der Waals surface area contributed by atoms with Crippen molar-refractivity contribution in [3.8, 4) is 11.1 Å². The molecule has 11 nitrogen and oxygen atoms in total. The van der Waals surface area contributed by atoms with Crippen molar-refractivity contribution in [2.75, 3.05) is 19.7 Å². The second-order valence-electron chi connectivity index (χ2n) is 10.7. The molecule has 3 amide bonds. The number of amides is 3. The Bertz CT molecular complexity index is 1320. The zero-order chi connectivity index (χ0) is 29.1. The molecule has 216 valence electrons. The number of rotatable bonds is 9. The number of benzene rings is 2. The Morgan fingerprint density at radius 3 is 2.05 bits per heavy atom. The summed E-state index contributed by atoms with van der Waals surface area (Å²) in [4.78, 5) is 65.1. The molecular formula is C30H33N3O8. The highest BCUT2D eigenvalue weighted by Crippen LogP contribution is 2.44. The minimum absolute atomic E-state index is 0.113. The van der Waals surface area contributed by atoms with Crippen LogP contribution in [0.25, 0.3) is 11.1 Å². The summed E-state index contributed by atoms with van der Waals surface area (Å²) in [5, 5.41) is 20.7. The van der Waals surface area contributed by atoms with E-state index >= 15 is 0 Å². The summed E-state index contributed by atoms with van der Waals surface area (Å²) in [6, 6.07) is 13.0. The van der Waals surface area contributed by atoms with E-state index in [-0.39, 0.29) is 24.9 Å². The fourth-order valence-electron chi connectivity index (χ4n) is 6.21. The van der Waals surface area contributed by atoms with Crippen LogP contribution in [0.3, 0.4) is 0 Å². The van der Waals surface area contributed by atoms with Gasteiger partial charge in [-0.25, -0.2) is 9.59 Å². The van der Waals surface area contributed by atoms with Gasteiger partial charge in [0, 0.05) is 25.4 Å². The Balaban J connectivity index is 1.23. The van der Waals surface area contributed by atoms with Gasteiger partial charge in [0.05, 0.1) is 0 Å². The molecule has 0 bridgehead atoms. The third-order valence-corrected chi connectivity index (χ3v) is 8.21. The maximum absolute atomic E-state index is 13.6. The van der Waals surface area contributed by atoms with E-state index in [4.69, 9.17) is 9.84 Å². The lowest BCUT2D eigenvalue weighted by Gasteiger charge is -2.31. The van der Waals surface area contributed by atoms with Gasteiger partial charge < -0.3 is 25.2 Å². The minimum Gasteiger partial charge on any atom is -0.481 e. The zero-order valence-electron chi connectivity index (χ0n) is 22.5. The maximum Gasteiger partial charge on any atom is 0.410 e. The molecule has 11 heteroatoms. The molecule has 5 rings (SSSR count). The molecule has 0 spiro atoms. The summed E-state index contributed by atoms with van der Waals surface area (Å²) < 4.78 is 5.79. The van der Waals surface area contributed by atoms with Crippen LogP contribution in [0.5, 0.6) is 0 Å². The maximum atomic E-state index is 13.6. The summed E-state index contributed by atoms with van der Waals surface area (Å²) >= 11 is 0. The second-order valence-corrected chi connectivity index (χ2v) is 10.7. The number of carboxylic acid groups (broad SMARTS) is 2. The first-order valence-corrected chi connectivity index (χ1v) is 13.9. The molecule has 2 fully saturated rings. The van der Waals surface area contributed by atoms with Crippen LogP contribution in [0.15, 0.2) is 48.5 Å². The van der Waals surface area contributed by atoms with Crippen LogP contribution in [0.1, 0.15) is 55.6 Å². The summed E-state index contributed by atoms with van der Waals surface area (Å²) in [6.45, 7) is 0.790. The van der Waals surface area contributed by atoms with Crippen LogP contribution >= 0.6 is 0 Å². The van der Waals surface area contributed by atoms with E-state index in [1.54, 1.807) is 0 Å². The molecule has 2 aliphatic heterocycles. The molecule has 41 heavy (non-hydrogen) atoms. The summed E-state index contributed by atoms with van der Waals surface area (Å²) in [5.41, 5.74) is 4.41. The fourth-order valence-corrected chi connectivity index (χ4v) is 6.21. The van der Waals surface area contributed by atoms with Crippen LogP contribution in [-0.4, -0.2) is 87.7 Å². The molecule has 0 unspecified atom stereocenters. The van der Waals surface area contributed by atoms with Gasteiger partial charge >= 0.3 is 18.0 Å². The van der Waals surface area contributed by atoms with E-state index in [1.807, 2.05) is 36.4 Å². The van der Waals surface area contributed by atoms with Crippen LogP contribution in [0.2, 0.25) is 0 Å². The molecular weight excluding hydrogens is 530 g/mol. The number of nitrogens with one attached hydrogen (secondary N) is 1. The summed E-state index contributed by atoms with van der Waals surface area (Å²) in [7, 11) is 0. The van der Waals surface area contributed by atoms with E-state index in [0.29, 0.717) is 38.8 Å². The van der Waals surface area contributed by atoms with Crippen molar-refractivity contribution >= 4 is 29.8 Å². The van der Waals surface area contributed by atoms with Gasteiger partial charge in [0.15, 0.2) is 0 Å². The number of aliphatic carboxylic acids is 2. The zero-order valence-corrected chi connectivity index (χ0v) is 22.5. The normalized spacial score (nSPS) is 20.3. The first-order valence-electron chi connectivity index (χ1n) is 13.9. The number of fused-ring (bicyclic) bond motifs is 3. The minimum atomic E-state index is -1.38. The van der Waals surface area contributed by atoms with Gasteiger partial charge in [-0.15, -0.1) is 0 Å². The highest BCUT2D eigenvalue weighted by atomic mass is 16.6. The van der Waals surface area contributed by atoms with E-state index in [1.165, 1.54) is 9.80 Å². The molecule has 2 heterocycles. The molecule has 2 saturated heterocycles. The number of carbonyl (C=O) groups is 5. The number of hydrogen-bond acceptors (Lipinski definition) is 6. The molecule has 3 aliphatic rings. The Labute approximate surface area is 237 Å². The van der Waals surface area contributed by atoms with Crippen molar-refractivity contribution in [2.45, 2.75) is 62.6 Å². The summed E-state index contributed by atoms with van der Waals surface area (Å²) in [6.07, 6.45) is 0.681. The van der Waals surface area contributed by atoms with E-state index in [9.17, 15) is 29.1 Å².